The molecular weight excluding hydrogens is 388 g/mol. The zero-order valence-corrected chi connectivity index (χ0v) is 16.5. The molecule has 0 bridgehead atoms. The minimum absolute atomic E-state index is 0.158. The number of hydrogen-bond acceptors (Lipinski definition) is 8. The van der Waals surface area contributed by atoms with Gasteiger partial charge in [-0.3, -0.25) is 4.79 Å². The van der Waals surface area contributed by atoms with Crippen molar-refractivity contribution < 1.29 is 18.8 Å². The number of carbonyl (C=O) groups excluding carboxylic acids is 1. The molecule has 0 aliphatic carbocycles. The lowest BCUT2D eigenvalue weighted by Crippen LogP contribution is -2.12. The zero-order valence-electron chi connectivity index (χ0n) is 16.5. The molecule has 10 nitrogen and oxygen atoms in total. The van der Waals surface area contributed by atoms with Gasteiger partial charge in [0, 0.05) is 11.8 Å². The molecule has 0 saturated heterocycles. The van der Waals surface area contributed by atoms with Crippen molar-refractivity contribution in [2.24, 2.45) is 0 Å². The van der Waals surface area contributed by atoms with Crippen molar-refractivity contribution in [2.75, 3.05) is 19.5 Å². The van der Waals surface area contributed by atoms with E-state index in [-0.39, 0.29) is 11.7 Å². The number of methoxy groups -OCH3 is 2. The van der Waals surface area contributed by atoms with Crippen molar-refractivity contribution in [3.8, 4) is 28.7 Å². The normalized spacial score (nSPS) is 10.6. The molecular formula is C20H18N6O4. The number of nitrogens with one attached hydrogen (secondary N) is 1. The standard InChI is InChI=1S/C20H18N6O4/c1-12-4-7-14(8-5-12)26-11-15(23-25-26)18-22-20(30-24-18)19(27)21-13-6-9-16(28-2)17(10-13)29-3/h4-11H,1-3H3,(H,21,27). The van der Waals surface area contributed by atoms with Gasteiger partial charge in [0.2, 0.25) is 5.82 Å². The van der Waals surface area contributed by atoms with Crippen molar-refractivity contribution in [1.29, 1.82) is 0 Å². The number of amides is 1. The predicted octanol–water partition coefficient (Wildman–Crippen LogP) is 2.90. The van der Waals surface area contributed by atoms with Crippen molar-refractivity contribution in [3.63, 3.8) is 0 Å². The highest BCUT2D eigenvalue weighted by Crippen LogP contribution is 2.30. The average Bonchev–Trinajstić information content (AvgIpc) is 3.44. The second-order valence-corrected chi connectivity index (χ2v) is 6.33. The van der Waals surface area contributed by atoms with Crippen LogP contribution in [0.1, 0.15) is 16.2 Å². The lowest BCUT2D eigenvalue weighted by Gasteiger charge is -2.09. The number of aromatic nitrogens is 5. The number of carbonyl (C=O) groups is 1. The maximum Gasteiger partial charge on any atom is 0.316 e. The van der Waals surface area contributed by atoms with E-state index in [4.69, 9.17) is 14.0 Å². The van der Waals surface area contributed by atoms with Crippen LogP contribution in [-0.4, -0.2) is 45.3 Å². The largest absolute Gasteiger partial charge is 0.493 e. The lowest BCUT2D eigenvalue weighted by molar-refractivity contribution is 0.0981. The van der Waals surface area contributed by atoms with Gasteiger partial charge in [0.05, 0.1) is 26.1 Å². The molecule has 2 heterocycles. The molecule has 2 aromatic heterocycles. The Hall–Kier alpha value is -4.21. The van der Waals surface area contributed by atoms with E-state index in [1.54, 1.807) is 29.1 Å². The molecule has 0 saturated carbocycles. The predicted molar refractivity (Wildman–Crippen MR) is 107 cm³/mol. The number of ether oxygens (including phenoxy) is 2. The van der Waals surface area contributed by atoms with Crippen LogP contribution in [0.15, 0.2) is 53.2 Å². The van der Waals surface area contributed by atoms with Gasteiger partial charge in [-0.25, -0.2) is 4.68 Å². The third kappa shape index (κ3) is 3.83. The number of hydrogen-bond donors (Lipinski definition) is 1. The summed E-state index contributed by atoms with van der Waals surface area (Å²) < 4.78 is 17.1. The highest BCUT2D eigenvalue weighted by atomic mass is 16.5. The molecule has 30 heavy (non-hydrogen) atoms. The van der Waals surface area contributed by atoms with E-state index in [1.807, 2.05) is 31.2 Å². The molecule has 4 aromatic rings. The second kappa shape index (κ2) is 8.03. The fraction of sp³-hybridized carbons (Fsp3) is 0.150. The Morgan fingerprint density at radius 3 is 2.57 bits per heavy atom. The van der Waals surface area contributed by atoms with Crippen molar-refractivity contribution >= 4 is 11.6 Å². The third-order valence-corrected chi connectivity index (χ3v) is 4.28. The van der Waals surface area contributed by atoms with Gasteiger partial charge < -0.3 is 19.3 Å². The van der Waals surface area contributed by atoms with E-state index < -0.39 is 5.91 Å². The van der Waals surface area contributed by atoms with E-state index >= 15 is 0 Å². The Morgan fingerprint density at radius 2 is 1.83 bits per heavy atom. The summed E-state index contributed by atoms with van der Waals surface area (Å²) in [6, 6.07) is 12.8. The third-order valence-electron chi connectivity index (χ3n) is 4.28. The molecule has 0 unspecified atom stereocenters. The van der Waals surface area contributed by atoms with Crippen LogP contribution in [0.4, 0.5) is 5.69 Å². The van der Waals surface area contributed by atoms with Gasteiger partial charge >= 0.3 is 11.8 Å². The summed E-state index contributed by atoms with van der Waals surface area (Å²) >= 11 is 0. The molecule has 1 N–H and O–H groups in total. The van der Waals surface area contributed by atoms with E-state index in [1.165, 1.54) is 14.2 Å². The maximum atomic E-state index is 12.5. The van der Waals surface area contributed by atoms with Gasteiger partial charge in [-0.15, -0.1) is 5.10 Å². The average molecular weight is 406 g/mol. The van der Waals surface area contributed by atoms with Gasteiger partial charge in [-0.1, -0.05) is 28.1 Å². The number of nitrogens with zero attached hydrogens (tertiary/aromatic N) is 5. The summed E-state index contributed by atoms with van der Waals surface area (Å²) in [5.74, 6) is 0.420. The highest BCUT2D eigenvalue weighted by molar-refractivity contribution is 6.01. The van der Waals surface area contributed by atoms with Gasteiger partial charge in [-0.05, 0) is 31.2 Å². The molecule has 0 aliphatic heterocycles. The van der Waals surface area contributed by atoms with Crippen LogP contribution in [0.2, 0.25) is 0 Å². The minimum atomic E-state index is -0.563. The topological polar surface area (TPSA) is 117 Å². The fourth-order valence-corrected chi connectivity index (χ4v) is 2.71. The Morgan fingerprint density at radius 1 is 1.07 bits per heavy atom. The molecule has 0 atom stereocenters. The molecule has 4 rings (SSSR count). The summed E-state index contributed by atoms with van der Waals surface area (Å²) in [4.78, 5) is 16.6. The Labute approximate surface area is 171 Å². The maximum absolute atomic E-state index is 12.5. The smallest absolute Gasteiger partial charge is 0.316 e. The Bertz CT molecular complexity index is 1180. The first-order chi connectivity index (χ1) is 14.6. The summed E-state index contributed by atoms with van der Waals surface area (Å²) in [5.41, 5.74) is 2.85. The SMILES string of the molecule is COc1ccc(NC(=O)c2nc(-c3cn(-c4ccc(C)cc4)nn3)no2)cc1OC. The van der Waals surface area contributed by atoms with Crippen LogP contribution < -0.4 is 14.8 Å². The molecule has 10 heteroatoms. The molecule has 0 radical (unpaired) electrons. The van der Waals surface area contributed by atoms with Crippen molar-refractivity contribution in [1.82, 2.24) is 25.1 Å². The molecule has 0 aliphatic rings. The summed E-state index contributed by atoms with van der Waals surface area (Å²) in [5, 5.41) is 14.6. The number of anilines is 1. The molecule has 1 amide bonds. The number of benzene rings is 2. The van der Waals surface area contributed by atoms with Gasteiger partial charge in [-0.2, -0.15) is 4.98 Å². The van der Waals surface area contributed by atoms with Crippen molar-refractivity contribution in [3.05, 3.63) is 60.1 Å². The first-order valence-electron chi connectivity index (χ1n) is 8.94. The fourth-order valence-electron chi connectivity index (χ4n) is 2.71. The van der Waals surface area contributed by atoms with Crippen LogP contribution in [0, 0.1) is 6.92 Å². The quantitative estimate of drug-likeness (QED) is 0.519. The van der Waals surface area contributed by atoms with Crippen LogP contribution in [0.25, 0.3) is 17.2 Å². The summed E-state index contributed by atoms with van der Waals surface area (Å²) in [7, 11) is 3.04. The molecule has 0 spiro atoms. The molecule has 2 aromatic carbocycles. The molecule has 0 fully saturated rings. The van der Waals surface area contributed by atoms with Gasteiger partial charge in [0.1, 0.15) is 0 Å². The second-order valence-electron chi connectivity index (χ2n) is 6.33. The summed E-state index contributed by atoms with van der Waals surface area (Å²) in [6.07, 6.45) is 1.66. The van der Waals surface area contributed by atoms with Crippen LogP contribution >= 0.6 is 0 Å². The van der Waals surface area contributed by atoms with Crippen LogP contribution in [-0.2, 0) is 0 Å². The van der Waals surface area contributed by atoms with E-state index in [9.17, 15) is 4.79 Å². The van der Waals surface area contributed by atoms with Gasteiger partial charge in [0.25, 0.3) is 0 Å². The zero-order chi connectivity index (χ0) is 21.1. The first kappa shape index (κ1) is 19.1. The lowest BCUT2D eigenvalue weighted by atomic mass is 10.2. The monoisotopic (exact) mass is 406 g/mol. The number of rotatable bonds is 6. The Kier molecular flexibility index (Phi) is 5.12. The van der Waals surface area contributed by atoms with E-state index in [2.05, 4.69) is 25.8 Å². The van der Waals surface area contributed by atoms with Crippen LogP contribution in [0.3, 0.4) is 0 Å². The highest BCUT2D eigenvalue weighted by Gasteiger charge is 2.19. The first-order valence-corrected chi connectivity index (χ1v) is 8.94. The summed E-state index contributed by atoms with van der Waals surface area (Å²) in [6.45, 7) is 2.00. The minimum Gasteiger partial charge on any atom is -0.493 e. The molecule has 152 valence electrons. The Balaban J connectivity index is 1.50. The van der Waals surface area contributed by atoms with Crippen molar-refractivity contribution in [2.45, 2.75) is 6.92 Å². The van der Waals surface area contributed by atoms with E-state index in [0.29, 0.717) is 22.9 Å². The van der Waals surface area contributed by atoms with E-state index in [0.717, 1.165) is 11.3 Å². The van der Waals surface area contributed by atoms with Crippen LogP contribution in [0.5, 0.6) is 11.5 Å². The van der Waals surface area contributed by atoms with Gasteiger partial charge in [0.15, 0.2) is 17.2 Å². The number of aryl methyl sites for hydroxylation is 1.